The standard InChI is InChI=1S/C12H14N2S2/c1-8-7-13-12(15)14(8)10-3-2-4-11-9(10)5-6-16-11/h5-7,10H,2-4H2,1H3,(H,13,15). The lowest BCUT2D eigenvalue weighted by atomic mass is 9.94. The van der Waals surface area contributed by atoms with E-state index in [4.69, 9.17) is 12.2 Å². The van der Waals surface area contributed by atoms with Crippen molar-refractivity contribution < 1.29 is 0 Å². The van der Waals surface area contributed by atoms with Gasteiger partial charge in [-0.1, -0.05) is 0 Å². The van der Waals surface area contributed by atoms with Crippen molar-refractivity contribution in [1.82, 2.24) is 9.55 Å². The van der Waals surface area contributed by atoms with Crippen LogP contribution in [-0.4, -0.2) is 9.55 Å². The van der Waals surface area contributed by atoms with Crippen LogP contribution >= 0.6 is 23.6 Å². The first-order valence-corrected chi connectivity index (χ1v) is 6.89. The summed E-state index contributed by atoms with van der Waals surface area (Å²) in [5, 5.41) is 2.20. The molecule has 4 heteroatoms. The molecule has 0 amide bonds. The van der Waals surface area contributed by atoms with Gasteiger partial charge in [-0.25, -0.2) is 0 Å². The van der Waals surface area contributed by atoms with Crippen LogP contribution in [0, 0.1) is 11.7 Å². The fourth-order valence-electron chi connectivity index (χ4n) is 2.58. The number of hydrogen-bond donors (Lipinski definition) is 1. The third-order valence-electron chi connectivity index (χ3n) is 3.34. The first-order chi connectivity index (χ1) is 7.77. The number of fused-ring (bicyclic) bond motifs is 1. The van der Waals surface area contributed by atoms with Crippen LogP contribution in [-0.2, 0) is 6.42 Å². The predicted molar refractivity (Wildman–Crippen MR) is 69.7 cm³/mol. The summed E-state index contributed by atoms with van der Waals surface area (Å²) in [7, 11) is 0. The van der Waals surface area contributed by atoms with E-state index in [1.165, 1.54) is 30.5 Å². The maximum Gasteiger partial charge on any atom is 0.177 e. The van der Waals surface area contributed by atoms with E-state index in [9.17, 15) is 0 Å². The molecule has 2 nitrogen and oxygen atoms in total. The van der Waals surface area contributed by atoms with Gasteiger partial charge in [0.1, 0.15) is 0 Å². The molecular formula is C12H14N2S2. The first kappa shape index (κ1) is 10.3. The van der Waals surface area contributed by atoms with Gasteiger partial charge in [-0.3, -0.25) is 0 Å². The summed E-state index contributed by atoms with van der Waals surface area (Å²) in [5.74, 6) is 0. The summed E-state index contributed by atoms with van der Waals surface area (Å²) in [6, 6.07) is 2.71. The molecule has 0 aromatic carbocycles. The minimum absolute atomic E-state index is 0.453. The molecule has 0 spiro atoms. The molecule has 1 aliphatic rings. The van der Waals surface area contributed by atoms with E-state index in [-0.39, 0.29) is 0 Å². The van der Waals surface area contributed by atoms with Crippen molar-refractivity contribution in [3.05, 3.63) is 38.5 Å². The monoisotopic (exact) mass is 250 g/mol. The Balaban J connectivity index is 2.14. The third kappa shape index (κ3) is 1.48. The minimum Gasteiger partial charge on any atom is -0.337 e. The molecule has 3 rings (SSSR count). The van der Waals surface area contributed by atoms with E-state index in [1.54, 1.807) is 4.88 Å². The summed E-state index contributed by atoms with van der Waals surface area (Å²) in [4.78, 5) is 4.68. The molecule has 1 N–H and O–H groups in total. The van der Waals surface area contributed by atoms with E-state index in [1.807, 2.05) is 17.5 Å². The number of aryl methyl sites for hydroxylation is 2. The summed E-state index contributed by atoms with van der Waals surface area (Å²) < 4.78 is 3.11. The van der Waals surface area contributed by atoms with Crippen molar-refractivity contribution in [2.24, 2.45) is 0 Å². The number of rotatable bonds is 1. The van der Waals surface area contributed by atoms with E-state index in [0.29, 0.717) is 6.04 Å². The van der Waals surface area contributed by atoms with Crippen molar-refractivity contribution >= 4 is 23.6 Å². The summed E-state index contributed by atoms with van der Waals surface area (Å²) in [5.41, 5.74) is 2.71. The Hall–Kier alpha value is -0.870. The zero-order valence-corrected chi connectivity index (χ0v) is 10.8. The second-order valence-corrected chi connectivity index (χ2v) is 5.70. The second-order valence-electron chi connectivity index (χ2n) is 4.31. The molecule has 1 atom stereocenters. The molecule has 2 aromatic rings. The normalized spacial score (nSPS) is 19.7. The van der Waals surface area contributed by atoms with Crippen LogP contribution in [0.5, 0.6) is 0 Å². The Kier molecular flexibility index (Phi) is 2.48. The fraction of sp³-hybridized carbons (Fsp3) is 0.417. The molecule has 0 bridgehead atoms. The third-order valence-corrected chi connectivity index (χ3v) is 4.65. The number of imidazole rings is 1. The highest BCUT2D eigenvalue weighted by molar-refractivity contribution is 7.71. The highest BCUT2D eigenvalue weighted by Crippen LogP contribution is 2.36. The molecule has 84 valence electrons. The van der Waals surface area contributed by atoms with Crippen LogP contribution in [0.25, 0.3) is 0 Å². The van der Waals surface area contributed by atoms with Gasteiger partial charge >= 0.3 is 0 Å². The highest BCUT2D eigenvalue weighted by atomic mass is 32.1. The van der Waals surface area contributed by atoms with Crippen molar-refractivity contribution in [2.75, 3.05) is 0 Å². The van der Waals surface area contributed by atoms with Crippen molar-refractivity contribution in [1.29, 1.82) is 0 Å². The van der Waals surface area contributed by atoms with Gasteiger partial charge in [0, 0.05) is 16.8 Å². The maximum absolute atomic E-state index is 5.37. The van der Waals surface area contributed by atoms with Gasteiger partial charge in [-0.15, -0.1) is 11.3 Å². The van der Waals surface area contributed by atoms with Gasteiger partial charge in [0.25, 0.3) is 0 Å². The molecule has 16 heavy (non-hydrogen) atoms. The van der Waals surface area contributed by atoms with Crippen LogP contribution in [0.3, 0.4) is 0 Å². The average Bonchev–Trinajstić information content (AvgIpc) is 2.86. The number of aromatic nitrogens is 2. The smallest absolute Gasteiger partial charge is 0.177 e. The Bertz CT molecular complexity index is 562. The number of nitrogens with one attached hydrogen (secondary N) is 1. The van der Waals surface area contributed by atoms with Gasteiger partial charge < -0.3 is 9.55 Å². The number of thiophene rings is 1. The van der Waals surface area contributed by atoms with Gasteiger partial charge in [0.2, 0.25) is 0 Å². The average molecular weight is 250 g/mol. The van der Waals surface area contributed by atoms with Crippen molar-refractivity contribution in [3.8, 4) is 0 Å². The van der Waals surface area contributed by atoms with Crippen molar-refractivity contribution in [3.63, 3.8) is 0 Å². The number of aromatic amines is 1. The molecule has 2 heterocycles. The van der Waals surface area contributed by atoms with Crippen LogP contribution in [0.2, 0.25) is 0 Å². The van der Waals surface area contributed by atoms with E-state index in [2.05, 4.69) is 27.9 Å². The Morgan fingerprint density at radius 1 is 1.56 bits per heavy atom. The van der Waals surface area contributed by atoms with Crippen molar-refractivity contribution in [2.45, 2.75) is 32.2 Å². The van der Waals surface area contributed by atoms with Crippen LogP contribution in [0.4, 0.5) is 0 Å². The molecule has 2 aromatic heterocycles. The van der Waals surface area contributed by atoms with Gasteiger partial charge in [-0.05, 0) is 55.4 Å². The molecule has 0 saturated carbocycles. The largest absolute Gasteiger partial charge is 0.337 e. The number of hydrogen-bond acceptors (Lipinski definition) is 2. The molecule has 0 saturated heterocycles. The summed E-state index contributed by atoms with van der Waals surface area (Å²) in [6.45, 7) is 2.12. The van der Waals surface area contributed by atoms with Crippen LogP contribution in [0.1, 0.15) is 35.0 Å². The highest BCUT2D eigenvalue weighted by Gasteiger charge is 2.23. The maximum atomic E-state index is 5.37. The molecule has 0 fully saturated rings. The Morgan fingerprint density at radius 2 is 2.44 bits per heavy atom. The zero-order valence-electron chi connectivity index (χ0n) is 9.19. The summed E-state index contributed by atoms with van der Waals surface area (Å²) in [6.07, 6.45) is 5.71. The molecule has 0 radical (unpaired) electrons. The number of nitrogens with zero attached hydrogens (tertiary/aromatic N) is 1. The molecule has 1 unspecified atom stereocenters. The number of H-pyrrole nitrogens is 1. The van der Waals surface area contributed by atoms with E-state index >= 15 is 0 Å². The lowest BCUT2D eigenvalue weighted by Crippen LogP contribution is -2.16. The molecule has 0 aliphatic heterocycles. The van der Waals surface area contributed by atoms with Crippen LogP contribution < -0.4 is 0 Å². The van der Waals surface area contributed by atoms with E-state index in [0.717, 1.165) is 4.77 Å². The minimum atomic E-state index is 0.453. The first-order valence-electron chi connectivity index (χ1n) is 5.60. The SMILES string of the molecule is Cc1c[nH]c(=S)n1C1CCCc2sccc21. The lowest BCUT2D eigenvalue weighted by Gasteiger charge is -2.25. The molecule has 1 aliphatic carbocycles. The van der Waals surface area contributed by atoms with Crippen LogP contribution in [0.15, 0.2) is 17.6 Å². The molecular weight excluding hydrogens is 236 g/mol. The van der Waals surface area contributed by atoms with Gasteiger partial charge in [-0.2, -0.15) is 0 Å². The second kappa shape index (κ2) is 3.86. The topological polar surface area (TPSA) is 20.7 Å². The Morgan fingerprint density at radius 3 is 3.19 bits per heavy atom. The predicted octanol–water partition coefficient (Wildman–Crippen LogP) is 3.84. The van der Waals surface area contributed by atoms with E-state index < -0.39 is 0 Å². The quantitative estimate of drug-likeness (QED) is 0.763. The lowest BCUT2D eigenvalue weighted by molar-refractivity contribution is 0.483. The van der Waals surface area contributed by atoms with Gasteiger partial charge in [0.05, 0.1) is 6.04 Å². The zero-order chi connectivity index (χ0) is 11.1. The Labute approximate surface area is 104 Å². The van der Waals surface area contributed by atoms with Gasteiger partial charge in [0.15, 0.2) is 4.77 Å². The fourth-order valence-corrected chi connectivity index (χ4v) is 3.89. The summed E-state index contributed by atoms with van der Waals surface area (Å²) >= 11 is 7.25.